The molecular formula is C19H18BrNO2. The van der Waals surface area contributed by atoms with Crippen LogP contribution >= 0.6 is 15.9 Å². The van der Waals surface area contributed by atoms with E-state index in [9.17, 15) is 4.79 Å². The molecule has 0 atom stereocenters. The lowest BCUT2D eigenvalue weighted by Crippen LogP contribution is -2.00. The van der Waals surface area contributed by atoms with Gasteiger partial charge in [-0.2, -0.15) is 0 Å². The minimum atomic E-state index is 0.0161. The minimum absolute atomic E-state index is 0.0161. The molecule has 0 aliphatic rings. The maximum absolute atomic E-state index is 12.5. The Morgan fingerprint density at radius 2 is 1.65 bits per heavy atom. The van der Waals surface area contributed by atoms with E-state index in [4.69, 9.17) is 4.74 Å². The monoisotopic (exact) mass is 371 g/mol. The Bertz CT molecular complexity index is 927. The van der Waals surface area contributed by atoms with Gasteiger partial charge in [0.15, 0.2) is 5.43 Å². The van der Waals surface area contributed by atoms with Gasteiger partial charge in [0.05, 0.1) is 12.0 Å². The Hall–Kier alpha value is -2.07. The first-order valence-corrected chi connectivity index (χ1v) is 8.37. The van der Waals surface area contributed by atoms with Crippen LogP contribution in [-0.2, 0) is 0 Å². The number of hydrogen-bond donors (Lipinski definition) is 0. The Labute approximate surface area is 143 Å². The topological polar surface area (TPSA) is 31.2 Å². The van der Waals surface area contributed by atoms with Gasteiger partial charge in [0.25, 0.3) is 0 Å². The highest BCUT2D eigenvalue weighted by atomic mass is 79.9. The van der Waals surface area contributed by atoms with Gasteiger partial charge in [-0.1, -0.05) is 22.0 Å². The van der Waals surface area contributed by atoms with Crippen molar-refractivity contribution in [2.45, 2.75) is 20.8 Å². The predicted octanol–water partition coefficient (Wildman–Crippen LogP) is 4.77. The SMILES string of the molecule is CCOc1cccc(=O)c2c(C)n(-c3ccc(Br)cc3)c(C)c12. The Kier molecular flexibility index (Phi) is 4.26. The molecule has 0 unspecified atom stereocenters. The van der Waals surface area contributed by atoms with E-state index in [1.54, 1.807) is 12.1 Å². The summed E-state index contributed by atoms with van der Waals surface area (Å²) in [5.74, 6) is 0.751. The van der Waals surface area contributed by atoms with E-state index in [1.807, 2.05) is 51.1 Å². The third-order valence-corrected chi connectivity index (χ3v) is 4.55. The molecule has 0 bridgehead atoms. The Balaban J connectivity index is 2.42. The number of hydrogen-bond acceptors (Lipinski definition) is 2. The molecule has 3 rings (SSSR count). The van der Waals surface area contributed by atoms with Gasteiger partial charge in [-0.25, -0.2) is 0 Å². The maximum Gasteiger partial charge on any atom is 0.188 e. The number of aromatic nitrogens is 1. The van der Waals surface area contributed by atoms with Gasteiger partial charge >= 0.3 is 0 Å². The summed E-state index contributed by atoms with van der Waals surface area (Å²) in [7, 11) is 0. The maximum atomic E-state index is 12.5. The number of halogens is 1. The quantitative estimate of drug-likeness (QED) is 0.663. The van der Waals surface area contributed by atoms with E-state index in [1.165, 1.54) is 0 Å². The van der Waals surface area contributed by atoms with Crippen molar-refractivity contribution in [2.24, 2.45) is 0 Å². The molecule has 3 aromatic rings. The highest BCUT2D eigenvalue weighted by molar-refractivity contribution is 9.10. The highest BCUT2D eigenvalue weighted by Crippen LogP contribution is 2.32. The molecule has 3 nitrogen and oxygen atoms in total. The molecule has 118 valence electrons. The Morgan fingerprint density at radius 1 is 1.00 bits per heavy atom. The zero-order valence-corrected chi connectivity index (χ0v) is 15.0. The van der Waals surface area contributed by atoms with Gasteiger partial charge in [0, 0.05) is 26.9 Å². The average molecular weight is 372 g/mol. The van der Waals surface area contributed by atoms with E-state index in [-0.39, 0.29) is 5.43 Å². The highest BCUT2D eigenvalue weighted by Gasteiger charge is 2.17. The first-order valence-electron chi connectivity index (χ1n) is 7.58. The summed E-state index contributed by atoms with van der Waals surface area (Å²) in [5.41, 5.74) is 2.99. The molecule has 0 aliphatic carbocycles. The smallest absolute Gasteiger partial charge is 0.188 e. The Morgan fingerprint density at radius 3 is 2.30 bits per heavy atom. The fourth-order valence-corrected chi connectivity index (χ4v) is 3.35. The number of nitrogens with zero attached hydrogens (tertiary/aromatic N) is 1. The lowest BCUT2D eigenvalue weighted by Gasteiger charge is -2.10. The van der Waals surface area contributed by atoms with Crippen LogP contribution in [0.5, 0.6) is 5.75 Å². The first-order chi connectivity index (χ1) is 11.0. The van der Waals surface area contributed by atoms with Crippen LogP contribution in [0.3, 0.4) is 0 Å². The van der Waals surface area contributed by atoms with Crippen molar-refractivity contribution >= 4 is 26.7 Å². The second-order valence-electron chi connectivity index (χ2n) is 5.42. The van der Waals surface area contributed by atoms with Crippen molar-refractivity contribution in [2.75, 3.05) is 6.61 Å². The van der Waals surface area contributed by atoms with Gasteiger partial charge in [0.1, 0.15) is 5.75 Å². The van der Waals surface area contributed by atoms with Crippen molar-refractivity contribution in [1.82, 2.24) is 4.57 Å². The molecule has 23 heavy (non-hydrogen) atoms. The van der Waals surface area contributed by atoms with Crippen LogP contribution in [0.2, 0.25) is 0 Å². The number of aryl methyl sites for hydroxylation is 2. The van der Waals surface area contributed by atoms with Gasteiger partial charge in [0.2, 0.25) is 0 Å². The van der Waals surface area contributed by atoms with E-state index in [0.717, 1.165) is 38.1 Å². The van der Waals surface area contributed by atoms with E-state index >= 15 is 0 Å². The van der Waals surface area contributed by atoms with Crippen molar-refractivity contribution in [3.63, 3.8) is 0 Å². The summed E-state index contributed by atoms with van der Waals surface area (Å²) in [4.78, 5) is 12.5. The van der Waals surface area contributed by atoms with Crippen LogP contribution in [0, 0.1) is 13.8 Å². The molecule has 0 radical (unpaired) electrons. The number of ether oxygens (including phenoxy) is 1. The van der Waals surface area contributed by atoms with Crippen LogP contribution < -0.4 is 10.2 Å². The second kappa shape index (κ2) is 6.20. The third-order valence-electron chi connectivity index (χ3n) is 4.02. The zero-order chi connectivity index (χ0) is 16.6. The lowest BCUT2D eigenvalue weighted by molar-refractivity contribution is 0.344. The first kappa shape index (κ1) is 15.8. The molecule has 0 saturated carbocycles. The summed E-state index contributed by atoms with van der Waals surface area (Å²) in [6, 6.07) is 13.3. The average Bonchev–Trinajstić information content (AvgIpc) is 2.67. The molecule has 0 saturated heterocycles. The van der Waals surface area contributed by atoms with Crippen molar-refractivity contribution < 1.29 is 4.74 Å². The van der Waals surface area contributed by atoms with Gasteiger partial charge in [-0.15, -0.1) is 0 Å². The number of benzene rings is 1. The van der Waals surface area contributed by atoms with E-state index in [2.05, 4.69) is 20.5 Å². The number of fused-ring (bicyclic) bond motifs is 1. The summed E-state index contributed by atoms with van der Waals surface area (Å²) in [5, 5.41) is 1.61. The third kappa shape index (κ3) is 2.68. The van der Waals surface area contributed by atoms with Crippen molar-refractivity contribution in [3.05, 3.63) is 68.5 Å². The molecule has 2 aromatic carbocycles. The molecule has 4 heteroatoms. The van der Waals surface area contributed by atoms with Crippen LogP contribution in [0.15, 0.2) is 51.7 Å². The molecular weight excluding hydrogens is 354 g/mol. The second-order valence-corrected chi connectivity index (χ2v) is 6.34. The zero-order valence-electron chi connectivity index (χ0n) is 13.4. The summed E-state index contributed by atoms with van der Waals surface area (Å²) < 4.78 is 8.92. The standard InChI is InChI=1S/C19H18BrNO2/c1-4-23-17-7-5-6-16(22)18-12(2)21(13(3)19(17)18)15-10-8-14(20)9-11-15/h5-11H,4H2,1-3H3. The van der Waals surface area contributed by atoms with E-state index < -0.39 is 0 Å². The molecule has 0 fully saturated rings. The molecule has 0 spiro atoms. The predicted molar refractivity (Wildman–Crippen MR) is 97.9 cm³/mol. The molecule has 0 aliphatic heterocycles. The van der Waals surface area contributed by atoms with Gasteiger partial charge in [-0.3, -0.25) is 4.79 Å². The lowest BCUT2D eigenvalue weighted by atomic mass is 10.2. The minimum Gasteiger partial charge on any atom is -0.493 e. The summed E-state index contributed by atoms with van der Waals surface area (Å²) >= 11 is 3.46. The van der Waals surface area contributed by atoms with Gasteiger partial charge < -0.3 is 9.30 Å². The van der Waals surface area contributed by atoms with Gasteiger partial charge in [-0.05, 0) is 57.2 Å². The molecule has 1 heterocycles. The van der Waals surface area contributed by atoms with Crippen LogP contribution in [-0.4, -0.2) is 11.2 Å². The molecule has 0 amide bonds. The summed E-state index contributed by atoms with van der Waals surface area (Å²) in [6.45, 7) is 6.52. The van der Waals surface area contributed by atoms with Crippen molar-refractivity contribution in [1.29, 1.82) is 0 Å². The van der Waals surface area contributed by atoms with Crippen molar-refractivity contribution in [3.8, 4) is 11.4 Å². The molecule has 0 N–H and O–H groups in total. The fraction of sp³-hybridized carbons (Fsp3) is 0.211. The summed E-state index contributed by atoms with van der Waals surface area (Å²) in [6.07, 6.45) is 0. The normalized spacial score (nSPS) is 11.0. The van der Waals surface area contributed by atoms with Crippen LogP contribution in [0.1, 0.15) is 18.3 Å². The van der Waals surface area contributed by atoms with Crippen LogP contribution in [0.4, 0.5) is 0 Å². The van der Waals surface area contributed by atoms with Crippen LogP contribution in [0.25, 0.3) is 16.5 Å². The fourth-order valence-electron chi connectivity index (χ4n) is 3.08. The number of rotatable bonds is 3. The molecule has 1 aromatic heterocycles. The largest absolute Gasteiger partial charge is 0.493 e. The van der Waals surface area contributed by atoms with E-state index in [0.29, 0.717) is 6.61 Å².